The van der Waals surface area contributed by atoms with E-state index in [1.54, 1.807) is 12.2 Å². The zero-order chi connectivity index (χ0) is 29.7. The molecule has 208 valence electrons. The quantitative estimate of drug-likeness (QED) is 0.174. The van der Waals surface area contributed by atoms with Gasteiger partial charge in [-0.05, 0) is 59.2 Å². The minimum atomic E-state index is -0.745. The summed E-state index contributed by atoms with van der Waals surface area (Å²) < 4.78 is 2.03. The van der Waals surface area contributed by atoms with Gasteiger partial charge in [-0.15, -0.1) is 0 Å². The van der Waals surface area contributed by atoms with Crippen molar-refractivity contribution in [3.05, 3.63) is 119 Å². The first-order valence-corrected chi connectivity index (χ1v) is 14.3. The van der Waals surface area contributed by atoms with Crippen LogP contribution < -0.4 is 10.0 Å². The lowest BCUT2D eigenvalue weighted by Gasteiger charge is -2.25. The topological polar surface area (TPSA) is 63.4 Å². The maximum atomic E-state index is 13.9. The summed E-state index contributed by atoms with van der Waals surface area (Å²) in [7, 11) is 3.90. The number of Topliss-reactive ketones (excluding diaryl/α,β-unsaturated/α-hetero) is 2. The van der Waals surface area contributed by atoms with Gasteiger partial charge in [-0.2, -0.15) is 4.58 Å². The first-order chi connectivity index (χ1) is 19.9. The third-order valence-corrected chi connectivity index (χ3v) is 9.54. The summed E-state index contributed by atoms with van der Waals surface area (Å²) in [5.74, 6) is -2.00. The average molecular weight is 553 g/mol. The number of hydrogen-bond donors (Lipinski definition) is 0. The summed E-state index contributed by atoms with van der Waals surface area (Å²) in [6.07, 6.45) is 3.29. The molecule has 5 nitrogen and oxygen atoms in total. The van der Waals surface area contributed by atoms with Crippen LogP contribution >= 0.6 is 0 Å². The molecule has 7 rings (SSSR count). The maximum Gasteiger partial charge on any atom is 0.233 e. The van der Waals surface area contributed by atoms with E-state index in [0.717, 1.165) is 55.5 Å². The first-order valence-electron chi connectivity index (χ1n) is 14.3. The van der Waals surface area contributed by atoms with Gasteiger partial charge < -0.3 is 10.0 Å². The lowest BCUT2D eigenvalue weighted by molar-refractivity contribution is -0.401. The van der Waals surface area contributed by atoms with Crippen molar-refractivity contribution in [3.8, 4) is 0 Å². The fraction of sp³-hybridized carbons (Fsp3) is 0.216. The van der Waals surface area contributed by atoms with E-state index >= 15 is 0 Å². The largest absolute Gasteiger partial charge is 0.871 e. The lowest BCUT2D eigenvalue weighted by atomic mass is 9.78. The van der Waals surface area contributed by atoms with Gasteiger partial charge in [-0.25, -0.2) is 0 Å². The van der Waals surface area contributed by atoms with Crippen molar-refractivity contribution in [3.63, 3.8) is 0 Å². The van der Waals surface area contributed by atoms with Crippen LogP contribution in [0.5, 0.6) is 0 Å². The highest BCUT2D eigenvalue weighted by Crippen LogP contribution is 2.51. The summed E-state index contributed by atoms with van der Waals surface area (Å²) in [5.41, 5.74) is 4.85. The molecule has 0 spiro atoms. The molecule has 3 aliphatic rings. The van der Waals surface area contributed by atoms with Gasteiger partial charge in [0.15, 0.2) is 5.71 Å². The lowest BCUT2D eigenvalue weighted by Crippen LogP contribution is -2.28. The van der Waals surface area contributed by atoms with E-state index in [4.69, 9.17) is 0 Å². The van der Waals surface area contributed by atoms with E-state index in [9.17, 15) is 14.7 Å². The third-order valence-electron chi connectivity index (χ3n) is 9.54. The number of ketones is 2. The highest BCUT2D eigenvalue weighted by Gasteiger charge is 2.46. The van der Waals surface area contributed by atoms with Gasteiger partial charge in [0.05, 0.1) is 5.41 Å². The van der Waals surface area contributed by atoms with Crippen LogP contribution in [0.1, 0.15) is 38.8 Å². The number of nitrogens with zero attached hydrogens (tertiary/aromatic N) is 2. The predicted molar refractivity (Wildman–Crippen MR) is 166 cm³/mol. The first kappa shape index (κ1) is 26.1. The Morgan fingerprint density at radius 1 is 0.738 bits per heavy atom. The fourth-order valence-corrected chi connectivity index (χ4v) is 7.43. The van der Waals surface area contributed by atoms with Crippen molar-refractivity contribution in [2.45, 2.75) is 38.5 Å². The molecular weight excluding hydrogens is 520 g/mol. The van der Waals surface area contributed by atoms with E-state index in [1.807, 2.05) is 47.8 Å². The van der Waals surface area contributed by atoms with Gasteiger partial charge in [0.1, 0.15) is 7.05 Å². The van der Waals surface area contributed by atoms with Crippen LogP contribution in [0, 0.1) is 0 Å². The molecule has 0 N–H and O–H groups in total. The number of carbonyl (C=O) groups excluding carboxylic acids is 2. The summed E-state index contributed by atoms with van der Waals surface area (Å²) >= 11 is 0. The van der Waals surface area contributed by atoms with E-state index in [0.29, 0.717) is 0 Å². The Morgan fingerprint density at radius 2 is 1.33 bits per heavy atom. The minimum absolute atomic E-state index is 0.0692. The van der Waals surface area contributed by atoms with E-state index in [1.165, 1.54) is 0 Å². The van der Waals surface area contributed by atoms with Crippen molar-refractivity contribution < 1.29 is 19.3 Å². The molecule has 2 aliphatic heterocycles. The van der Waals surface area contributed by atoms with Gasteiger partial charge in [-0.3, -0.25) is 9.59 Å². The zero-order valence-corrected chi connectivity index (χ0v) is 24.7. The summed E-state index contributed by atoms with van der Waals surface area (Å²) in [6, 6.07) is 24.8. The molecule has 0 fully saturated rings. The van der Waals surface area contributed by atoms with Crippen LogP contribution in [0.15, 0.2) is 108 Å². The molecule has 0 bridgehead atoms. The molecule has 1 aliphatic carbocycles. The Morgan fingerprint density at radius 3 is 2.00 bits per heavy atom. The number of carbonyl (C=O) groups is 2. The van der Waals surface area contributed by atoms with Crippen LogP contribution in [0.2, 0.25) is 0 Å². The number of allylic oxidation sites excluding steroid dienone is 5. The number of anilines is 1. The smallest absolute Gasteiger partial charge is 0.233 e. The zero-order valence-electron chi connectivity index (χ0n) is 24.7. The van der Waals surface area contributed by atoms with Crippen molar-refractivity contribution in [1.29, 1.82) is 0 Å². The van der Waals surface area contributed by atoms with Crippen molar-refractivity contribution in [2.75, 3.05) is 19.0 Å². The molecule has 0 saturated heterocycles. The summed E-state index contributed by atoms with van der Waals surface area (Å²) in [5, 5.41) is 18.4. The summed E-state index contributed by atoms with van der Waals surface area (Å²) in [6.45, 7) is 8.40. The van der Waals surface area contributed by atoms with Crippen LogP contribution in [0.25, 0.3) is 21.5 Å². The van der Waals surface area contributed by atoms with Gasteiger partial charge in [0.25, 0.3) is 0 Å². The number of benzene rings is 4. The predicted octanol–water partition coefficient (Wildman–Crippen LogP) is 6.00. The number of likely N-dealkylation sites (N-methyl/N-ethyl adjacent to an activating group) is 1. The second kappa shape index (κ2) is 8.62. The van der Waals surface area contributed by atoms with Gasteiger partial charge in [0.2, 0.25) is 17.3 Å². The average Bonchev–Trinajstić information content (AvgIpc) is 3.40. The standard InChI is InChI=1S/C37H32N2O3/c1-36(2)29(38(5)27-17-15-21-11-7-9-13-23(21)31(27)36)19-25-33(40)26(35(42)34(25)41)20-30-37(3,4)32-24-14-10-8-12-22(24)16-18-28(32)39(30)6/h7-20H,1-6H3. The molecule has 0 unspecified atom stereocenters. The molecule has 2 heterocycles. The third kappa shape index (κ3) is 3.34. The highest BCUT2D eigenvalue weighted by molar-refractivity contribution is 6.54. The monoisotopic (exact) mass is 552 g/mol. The van der Waals surface area contributed by atoms with Crippen LogP contribution in [0.3, 0.4) is 0 Å². The van der Waals surface area contributed by atoms with Crippen LogP contribution in [-0.2, 0) is 20.4 Å². The van der Waals surface area contributed by atoms with Gasteiger partial charge >= 0.3 is 0 Å². The van der Waals surface area contributed by atoms with Gasteiger partial charge in [-0.1, -0.05) is 74.2 Å². The second-order valence-corrected chi connectivity index (χ2v) is 12.6. The molecule has 0 aromatic heterocycles. The van der Waals surface area contributed by atoms with Crippen LogP contribution in [0.4, 0.5) is 11.4 Å². The fourth-order valence-electron chi connectivity index (χ4n) is 7.43. The molecule has 5 heteroatoms. The molecule has 0 amide bonds. The van der Waals surface area contributed by atoms with E-state index in [-0.39, 0.29) is 11.1 Å². The molecule has 4 aromatic rings. The Labute approximate surface area is 245 Å². The van der Waals surface area contributed by atoms with Crippen molar-refractivity contribution in [1.82, 2.24) is 0 Å². The molecule has 42 heavy (non-hydrogen) atoms. The Hall–Kier alpha value is -4.77. The van der Waals surface area contributed by atoms with E-state index in [2.05, 4.69) is 76.2 Å². The van der Waals surface area contributed by atoms with Gasteiger partial charge in [0, 0.05) is 52.7 Å². The van der Waals surface area contributed by atoms with Crippen molar-refractivity contribution >= 4 is 50.2 Å². The Kier molecular flexibility index (Phi) is 5.37. The second-order valence-electron chi connectivity index (χ2n) is 12.6. The Balaban J connectivity index is 1.35. The summed E-state index contributed by atoms with van der Waals surface area (Å²) in [4.78, 5) is 28.8. The highest BCUT2D eigenvalue weighted by atomic mass is 16.3. The SMILES string of the molecule is CN1/C(=C/C2=C([O-])C(=C\C3=[N+](C)c4ccc5ccccc5c4C3(C)C)/C(=O)C2=O)C(C)(C)c2c1ccc1ccccc21. The maximum absolute atomic E-state index is 13.9. The number of rotatable bonds is 2. The van der Waals surface area contributed by atoms with Crippen molar-refractivity contribution in [2.24, 2.45) is 0 Å². The Bertz CT molecular complexity index is 2050. The number of fused-ring (bicyclic) bond motifs is 6. The minimum Gasteiger partial charge on any atom is -0.871 e. The molecule has 0 atom stereocenters. The molecule has 4 aromatic carbocycles. The normalized spacial score (nSPS) is 21.0. The molecular formula is C37H32N2O3. The molecule has 0 saturated carbocycles. The molecule has 0 radical (unpaired) electrons. The van der Waals surface area contributed by atoms with E-state index < -0.39 is 28.2 Å². The number of hydrogen-bond acceptors (Lipinski definition) is 4. The van der Waals surface area contributed by atoms with Crippen LogP contribution in [-0.4, -0.2) is 35.9 Å².